The number of ether oxygens (including phenoxy) is 1. The van der Waals surface area contributed by atoms with Gasteiger partial charge < -0.3 is 15.0 Å². The van der Waals surface area contributed by atoms with Crippen molar-refractivity contribution >= 4 is 11.8 Å². The summed E-state index contributed by atoms with van der Waals surface area (Å²) >= 11 is 0. The lowest BCUT2D eigenvalue weighted by Gasteiger charge is -2.32. The minimum absolute atomic E-state index is 0.0214. The summed E-state index contributed by atoms with van der Waals surface area (Å²) in [5.74, 6) is 0.700. The lowest BCUT2D eigenvalue weighted by Crippen LogP contribution is -2.50. The van der Waals surface area contributed by atoms with E-state index in [0.29, 0.717) is 32.4 Å². The number of benzene rings is 2. The molecule has 0 saturated carbocycles. The molecule has 32 heavy (non-hydrogen) atoms. The van der Waals surface area contributed by atoms with Crippen LogP contribution in [0.25, 0.3) is 0 Å². The lowest BCUT2D eigenvalue weighted by molar-refractivity contribution is -0.141. The van der Waals surface area contributed by atoms with Crippen LogP contribution in [0.2, 0.25) is 0 Å². The van der Waals surface area contributed by atoms with E-state index in [4.69, 9.17) is 4.74 Å². The third-order valence-corrected chi connectivity index (χ3v) is 5.81. The van der Waals surface area contributed by atoms with E-state index in [9.17, 15) is 9.59 Å². The zero-order valence-electron chi connectivity index (χ0n) is 20.2. The molecular weight excluding hydrogens is 400 g/mol. The van der Waals surface area contributed by atoms with E-state index in [1.807, 2.05) is 83.1 Å². The van der Waals surface area contributed by atoms with Gasteiger partial charge in [0.15, 0.2) is 0 Å². The maximum atomic E-state index is 13.3. The average molecular weight is 439 g/mol. The molecule has 0 heterocycles. The van der Waals surface area contributed by atoms with Gasteiger partial charge in [0.05, 0.1) is 6.61 Å². The Bertz CT molecular complexity index is 863. The molecule has 0 aliphatic carbocycles. The van der Waals surface area contributed by atoms with Crippen molar-refractivity contribution in [2.45, 2.75) is 78.9 Å². The number of hydrogen-bond donors (Lipinski definition) is 1. The van der Waals surface area contributed by atoms with Gasteiger partial charge in [0.2, 0.25) is 11.8 Å². The van der Waals surface area contributed by atoms with Gasteiger partial charge >= 0.3 is 0 Å². The Hall–Kier alpha value is -2.82. The number of carbonyl (C=O) groups excluding carboxylic acids is 2. The summed E-state index contributed by atoms with van der Waals surface area (Å²) < 4.78 is 5.78. The lowest BCUT2D eigenvalue weighted by atomic mass is 10.0. The highest BCUT2D eigenvalue weighted by Gasteiger charge is 2.29. The molecule has 5 nitrogen and oxygen atoms in total. The number of amides is 2. The summed E-state index contributed by atoms with van der Waals surface area (Å²) in [6.07, 6.45) is 2.36. The summed E-state index contributed by atoms with van der Waals surface area (Å²) in [4.78, 5) is 28.0. The molecular formula is C27H38N2O3. The van der Waals surface area contributed by atoms with Crippen molar-refractivity contribution in [3.05, 3.63) is 65.2 Å². The standard InChI is InChI=1S/C27H38N2O3/c1-6-22(5)28-27(31)25(7-2)29(19-23-12-9-8-11-21(23)4)26(30)13-10-18-32-24-16-14-20(3)15-17-24/h8-9,11-12,14-17,22,25H,6-7,10,13,18-19H2,1-5H3,(H,28,31). The van der Waals surface area contributed by atoms with Crippen LogP contribution < -0.4 is 10.1 Å². The molecule has 2 amide bonds. The predicted molar refractivity (Wildman–Crippen MR) is 130 cm³/mol. The Kier molecular flexibility index (Phi) is 10.3. The molecule has 0 aromatic heterocycles. The fraction of sp³-hybridized carbons (Fsp3) is 0.481. The third-order valence-electron chi connectivity index (χ3n) is 5.81. The number of hydrogen-bond acceptors (Lipinski definition) is 3. The van der Waals surface area contributed by atoms with E-state index in [1.165, 1.54) is 5.56 Å². The Morgan fingerprint density at radius 2 is 1.69 bits per heavy atom. The second-order valence-corrected chi connectivity index (χ2v) is 8.46. The van der Waals surface area contributed by atoms with Gasteiger partial charge in [-0.25, -0.2) is 0 Å². The van der Waals surface area contributed by atoms with Gasteiger partial charge in [0.25, 0.3) is 0 Å². The van der Waals surface area contributed by atoms with Crippen molar-refractivity contribution in [2.75, 3.05) is 6.61 Å². The third kappa shape index (κ3) is 7.70. The van der Waals surface area contributed by atoms with Crippen molar-refractivity contribution in [3.8, 4) is 5.75 Å². The molecule has 0 spiro atoms. The van der Waals surface area contributed by atoms with Crippen molar-refractivity contribution in [1.82, 2.24) is 10.2 Å². The SMILES string of the molecule is CCC(C)NC(=O)C(CC)N(Cc1ccccc1C)C(=O)CCCOc1ccc(C)cc1. The van der Waals surface area contributed by atoms with Gasteiger partial charge in [-0.05, 0) is 63.3 Å². The van der Waals surface area contributed by atoms with Crippen LogP contribution in [-0.2, 0) is 16.1 Å². The van der Waals surface area contributed by atoms with Gasteiger partial charge in [0, 0.05) is 19.0 Å². The Balaban J connectivity index is 2.07. The summed E-state index contributed by atoms with van der Waals surface area (Å²) in [5.41, 5.74) is 3.36. The molecule has 2 rings (SSSR count). The van der Waals surface area contributed by atoms with Crippen LogP contribution in [0.5, 0.6) is 5.75 Å². The van der Waals surface area contributed by atoms with Gasteiger partial charge in [-0.15, -0.1) is 0 Å². The Morgan fingerprint density at radius 3 is 2.31 bits per heavy atom. The van der Waals surface area contributed by atoms with Crippen molar-refractivity contribution < 1.29 is 14.3 Å². The predicted octanol–water partition coefficient (Wildman–Crippen LogP) is 5.18. The fourth-order valence-electron chi connectivity index (χ4n) is 3.52. The number of rotatable bonds is 12. The molecule has 5 heteroatoms. The summed E-state index contributed by atoms with van der Waals surface area (Å²) in [7, 11) is 0. The second kappa shape index (κ2) is 12.9. The van der Waals surface area contributed by atoms with Crippen LogP contribution in [0.3, 0.4) is 0 Å². The average Bonchev–Trinajstić information content (AvgIpc) is 2.78. The van der Waals surface area contributed by atoms with E-state index < -0.39 is 6.04 Å². The van der Waals surface area contributed by atoms with Gasteiger partial charge in [-0.3, -0.25) is 9.59 Å². The second-order valence-electron chi connectivity index (χ2n) is 8.46. The minimum atomic E-state index is -0.492. The highest BCUT2D eigenvalue weighted by molar-refractivity contribution is 5.87. The molecule has 2 atom stereocenters. The van der Waals surface area contributed by atoms with Crippen LogP contribution in [0, 0.1) is 13.8 Å². The van der Waals surface area contributed by atoms with Crippen molar-refractivity contribution in [1.29, 1.82) is 0 Å². The summed E-state index contributed by atoms with van der Waals surface area (Å²) in [5, 5.41) is 3.05. The number of aryl methyl sites for hydroxylation is 2. The van der Waals surface area contributed by atoms with E-state index in [1.54, 1.807) is 4.90 Å². The first kappa shape index (κ1) is 25.4. The van der Waals surface area contributed by atoms with E-state index in [0.717, 1.165) is 23.3 Å². The maximum absolute atomic E-state index is 13.3. The monoisotopic (exact) mass is 438 g/mol. The zero-order valence-corrected chi connectivity index (χ0v) is 20.2. The topological polar surface area (TPSA) is 58.6 Å². The zero-order chi connectivity index (χ0) is 23.5. The molecule has 0 bridgehead atoms. The van der Waals surface area contributed by atoms with Crippen LogP contribution >= 0.6 is 0 Å². The van der Waals surface area contributed by atoms with Crippen LogP contribution in [0.15, 0.2) is 48.5 Å². The minimum Gasteiger partial charge on any atom is -0.494 e. The summed E-state index contributed by atoms with van der Waals surface area (Å²) in [6, 6.07) is 15.5. The molecule has 174 valence electrons. The van der Waals surface area contributed by atoms with Crippen LogP contribution in [0.1, 0.15) is 63.1 Å². The van der Waals surface area contributed by atoms with Crippen LogP contribution in [0.4, 0.5) is 0 Å². The molecule has 2 unspecified atom stereocenters. The first-order chi connectivity index (χ1) is 15.3. The van der Waals surface area contributed by atoms with Crippen LogP contribution in [-0.4, -0.2) is 35.4 Å². The van der Waals surface area contributed by atoms with Gasteiger partial charge in [0.1, 0.15) is 11.8 Å². The molecule has 2 aromatic carbocycles. The van der Waals surface area contributed by atoms with Gasteiger partial charge in [-0.2, -0.15) is 0 Å². The normalized spacial score (nSPS) is 12.7. The first-order valence-electron chi connectivity index (χ1n) is 11.7. The molecule has 0 aliphatic rings. The first-order valence-corrected chi connectivity index (χ1v) is 11.7. The summed E-state index contributed by atoms with van der Waals surface area (Å²) in [6.45, 7) is 10.9. The smallest absolute Gasteiger partial charge is 0.243 e. The Labute approximate surface area is 193 Å². The maximum Gasteiger partial charge on any atom is 0.243 e. The molecule has 0 fully saturated rings. The van der Waals surface area contributed by atoms with Gasteiger partial charge in [-0.1, -0.05) is 55.8 Å². The number of carbonyl (C=O) groups is 2. The van der Waals surface area contributed by atoms with E-state index >= 15 is 0 Å². The quantitative estimate of drug-likeness (QED) is 0.464. The molecule has 0 radical (unpaired) electrons. The fourth-order valence-corrected chi connectivity index (χ4v) is 3.52. The number of nitrogens with zero attached hydrogens (tertiary/aromatic N) is 1. The van der Waals surface area contributed by atoms with E-state index in [2.05, 4.69) is 5.32 Å². The molecule has 2 aromatic rings. The Morgan fingerprint density at radius 1 is 1.00 bits per heavy atom. The molecule has 0 aliphatic heterocycles. The molecule has 0 saturated heterocycles. The van der Waals surface area contributed by atoms with E-state index in [-0.39, 0.29) is 17.9 Å². The highest BCUT2D eigenvalue weighted by Crippen LogP contribution is 2.18. The molecule has 1 N–H and O–H groups in total. The largest absolute Gasteiger partial charge is 0.494 e. The highest BCUT2D eigenvalue weighted by atomic mass is 16.5. The van der Waals surface area contributed by atoms with Crippen molar-refractivity contribution in [2.24, 2.45) is 0 Å². The number of nitrogens with one attached hydrogen (secondary N) is 1. The van der Waals surface area contributed by atoms with Crippen molar-refractivity contribution in [3.63, 3.8) is 0 Å².